The molecule has 3 aromatic rings. The van der Waals surface area contributed by atoms with E-state index in [-0.39, 0.29) is 5.91 Å². The molecule has 144 valence electrons. The zero-order valence-corrected chi connectivity index (χ0v) is 16.4. The van der Waals surface area contributed by atoms with E-state index in [0.29, 0.717) is 12.2 Å². The molecular weight excluding hydrogens is 374 g/mol. The van der Waals surface area contributed by atoms with Gasteiger partial charge in [-0.1, -0.05) is 35.9 Å². The van der Waals surface area contributed by atoms with Crippen LogP contribution in [0, 0.1) is 0 Å². The minimum absolute atomic E-state index is 0.214. The lowest BCUT2D eigenvalue weighted by Crippen LogP contribution is -2.23. The Bertz CT molecular complexity index is 929. The molecule has 0 saturated carbocycles. The van der Waals surface area contributed by atoms with Crippen LogP contribution in [0.25, 0.3) is 0 Å². The lowest BCUT2D eigenvalue weighted by Gasteiger charge is -2.09. The fourth-order valence-electron chi connectivity index (χ4n) is 2.72. The van der Waals surface area contributed by atoms with Crippen molar-refractivity contribution in [1.29, 1.82) is 0 Å². The number of amides is 1. The minimum atomic E-state index is -0.214. The molecule has 6 heteroatoms. The van der Waals surface area contributed by atoms with E-state index >= 15 is 0 Å². The molecule has 0 fully saturated rings. The predicted octanol–water partition coefficient (Wildman–Crippen LogP) is 4.33. The number of carbonyl (C=O) groups is 1. The third kappa shape index (κ3) is 5.72. The van der Waals surface area contributed by atoms with E-state index in [4.69, 9.17) is 16.3 Å². The Balaban J connectivity index is 1.52. The predicted molar refractivity (Wildman–Crippen MR) is 112 cm³/mol. The molecule has 0 unspecified atom stereocenters. The Hall–Kier alpha value is -3.05. The van der Waals surface area contributed by atoms with Gasteiger partial charge in [0.05, 0.1) is 7.11 Å². The van der Waals surface area contributed by atoms with E-state index in [1.165, 1.54) is 0 Å². The molecule has 0 saturated heterocycles. The maximum atomic E-state index is 12.4. The first-order valence-electron chi connectivity index (χ1n) is 8.99. The van der Waals surface area contributed by atoms with Crippen molar-refractivity contribution in [2.24, 2.45) is 0 Å². The average Bonchev–Trinajstić information content (AvgIpc) is 2.73. The summed E-state index contributed by atoms with van der Waals surface area (Å²) in [6, 6.07) is 19.0. The molecular formula is C22H22ClN3O2. The van der Waals surface area contributed by atoms with Crippen LogP contribution in [0.3, 0.4) is 0 Å². The summed E-state index contributed by atoms with van der Waals surface area (Å²) in [5.41, 5.74) is 3.38. The summed E-state index contributed by atoms with van der Waals surface area (Å²) in [4.78, 5) is 16.6. The standard InChI is InChI=1S/C22H22ClN3O2/c1-28-20-7-5-17(6-8-20)15-26-22(27)21-14-19(10-12-25-21)24-11-9-16-3-2-4-18(23)13-16/h2-8,10,12-14H,9,11,15H2,1H3,(H,24,25)(H,26,27). The van der Waals surface area contributed by atoms with E-state index in [1.807, 2.05) is 54.6 Å². The number of benzene rings is 2. The molecule has 1 aromatic heterocycles. The van der Waals surface area contributed by atoms with Gasteiger partial charge in [0.25, 0.3) is 5.91 Å². The van der Waals surface area contributed by atoms with Crippen molar-refractivity contribution in [3.63, 3.8) is 0 Å². The number of methoxy groups -OCH3 is 1. The van der Waals surface area contributed by atoms with Gasteiger partial charge in [-0.25, -0.2) is 0 Å². The van der Waals surface area contributed by atoms with Gasteiger partial charge in [0.2, 0.25) is 0 Å². The third-order valence-corrected chi connectivity index (χ3v) is 4.47. The van der Waals surface area contributed by atoms with E-state index < -0.39 is 0 Å². The highest BCUT2D eigenvalue weighted by molar-refractivity contribution is 6.30. The van der Waals surface area contributed by atoms with Crippen LogP contribution in [0.4, 0.5) is 5.69 Å². The van der Waals surface area contributed by atoms with Crippen molar-refractivity contribution < 1.29 is 9.53 Å². The normalized spacial score (nSPS) is 10.4. The summed E-state index contributed by atoms with van der Waals surface area (Å²) >= 11 is 6.01. The molecule has 0 aliphatic heterocycles. The molecule has 0 aliphatic carbocycles. The zero-order valence-electron chi connectivity index (χ0n) is 15.6. The number of rotatable bonds is 8. The average molecular weight is 396 g/mol. The minimum Gasteiger partial charge on any atom is -0.497 e. The first-order chi connectivity index (χ1) is 13.6. The Labute approximate surface area is 169 Å². The van der Waals surface area contributed by atoms with E-state index in [2.05, 4.69) is 15.6 Å². The van der Waals surface area contributed by atoms with Crippen LogP contribution in [0.2, 0.25) is 5.02 Å². The van der Waals surface area contributed by atoms with Crippen LogP contribution >= 0.6 is 11.6 Å². The lowest BCUT2D eigenvalue weighted by atomic mass is 10.1. The Morgan fingerprint density at radius 1 is 1.07 bits per heavy atom. The number of pyridine rings is 1. The summed E-state index contributed by atoms with van der Waals surface area (Å²) in [5, 5.41) is 6.93. The van der Waals surface area contributed by atoms with Crippen LogP contribution in [-0.2, 0) is 13.0 Å². The summed E-state index contributed by atoms with van der Waals surface area (Å²) in [7, 11) is 1.62. The smallest absolute Gasteiger partial charge is 0.270 e. The maximum Gasteiger partial charge on any atom is 0.270 e. The van der Waals surface area contributed by atoms with Crippen LogP contribution < -0.4 is 15.4 Å². The van der Waals surface area contributed by atoms with Crippen LogP contribution in [-0.4, -0.2) is 24.5 Å². The first-order valence-corrected chi connectivity index (χ1v) is 9.37. The lowest BCUT2D eigenvalue weighted by molar-refractivity contribution is 0.0946. The summed E-state index contributed by atoms with van der Waals surface area (Å²) in [5.74, 6) is 0.572. The molecule has 0 aliphatic rings. The van der Waals surface area contributed by atoms with Gasteiger partial charge in [-0.15, -0.1) is 0 Å². The van der Waals surface area contributed by atoms with Crippen molar-refractivity contribution in [3.8, 4) is 5.75 Å². The molecule has 0 spiro atoms. The van der Waals surface area contributed by atoms with Crippen molar-refractivity contribution >= 4 is 23.2 Å². The summed E-state index contributed by atoms with van der Waals surface area (Å²) in [6.07, 6.45) is 2.46. The van der Waals surface area contributed by atoms with Gasteiger partial charge in [0.15, 0.2) is 0 Å². The Kier molecular flexibility index (Phi) is 6.87. The third-order valence-electron chi connectivity index (χ3n) is 4.24. The number of nitrogens with one attached hydrogen (secondary N) is 2. The van der Waals surface area contributed by atoms with Crippen LogP contribution in [0.15, 0.2) is 66.9 Å². The first kappa shape index (κ1) is 19.7. The molecule has 0 bridgehead atoms. The maximum absolute atomic E-state index is 12.4. The van der Waals surface area contributed by atoms with Gasteiger partial charge in [-0.05, 0) is 53.9 Å². The van der Waals surface area contributed by atoms with Gasteiger partial charge in [0.1, 0.15) is 11.4 Å². The number of hydrogen-bond donors (Lipinski definition) is 2. The van der Waals surface area contributed by atoms with E-state index in [1.54, 1.807) is 19.4 Å². The van der Waals surface area contributed by atoms with E-state index in [0.717, 1.165) is 40.6 Å². The number of aromatic nitrogens is 1. The number of nitrogens with zero attached hydrogens (tertiary/aromatic N) is 1. The second-order valence-electron chi connectivity index (χ2n) is 6.27. The van der Waals surface area contributed by atoms with Crippen molar-refractivity contribution in [1.82, 2.24) is 10.3 Å². The Morgan fingerprint density at radius 3 is 2.64 bits per heavy atom. The van der Waals surface area contributed by atoms with Crippen LogP contribution in [0.5, 0.6) is 5.75 Å². The van der Waals surface area contributed by atoms with Gasteiger partial charge in [-0.3, -0.25) is 9.78 Å². The number of ether oxygens (including phenoxy) is 1. The fourth-order valence-corrected chi connectivity index (χ4v) is 2.94. The number of anilines is 1. The van der Waals surface area contributed by atoms with Gasteiger partial charge in [-0.2, -0.15) is 0 Å². The number of halogens is 1. The van der Waals surface area contributed by atoms with Gasteiger partial charge >= 0.3 is 0 Å². The topological polar surface area (TPSA) is 63.2 Å². The van der Waals surface area contributed by atoms with Crippen molar-refractivity contribution in [2.75, 3.05) is 19.0 Å². The molecule has 2 N–H and O–H groups in total. The molecule has 1 heterocycles. The summed E-state index contributed by atoms with van der Waals surface area (Å²) in [6.45, 7) is 1.16. The highest BCUT2D eigenvalue weighted by Gasteiger charge is 2.08. The highest BCUT2D eigenvalue weighted by atomic mass is 35.5. The fraction of sp³-hybridized carbons (Fsp3) is 0.182. The Morgan fingerprint density at radius 2 is 1.89 bits per heavy atom. The molecule has 5 nitrogen and oxygen atoms in total. The monoisotopic (exact) mass is 395 g/mol. The van der Waals surface area contributed by atoms with E-state index in [9.17, 15) is 4.79 Å². The van der Waals surface area contributed by atoms with Crippen molar-refractivity contribution in [2.45, 2.75) is 13.0 Å². The zero-order chi connectivity index (χ0) is 19.8. The molecule has 28 heavy (non-hydrogen) atoms. The quantitative estimate of drug-likeness (QED) is 0.596. The van der Waals surface area contributed by atoms with Gasteiger partial charge < -0.3 is 15.4 Å². The summed E-state index contributed by atoms with van der Waals surface area (Å²) < 4.78 is 5.13. The molecule has 0 radical (unpaired) electrons. The van der Waals surface area contributed by atoms with Crippen LogP contribution in [0.1, 0.15) is 21.6 Å². The molecule has 2 aromatic carbocycles. The number of hydrogen-bond acceptors (Lipinski definition) is 4. The molecule has 3 rings (SSSR count). The molecule has 0 atom stereocenters. The van der Waals surface area contributed by atoms with Crippen molar-refractivity contribution in [3.05, 3.63) is 88.7 Å². The molecule has 1 amide bonds. The van der Waals surface area contributed by atoms with Gasteiger partial charge in [0, 0.05) is 30.0 Å². The number of carbonyl (C=O) groups excluding carboxylic acids is 1. The second kappa shape index (κ2) is 9.76. The SMILES string of the molecule is COc1ccc(CNC(=O)c2cc(NCCc3cccc(Cl)c3)ccn2)cc1. The largest absolute Gasteiger partial charge is 0.497 e. The second-order valence-corrected chi connectivity index (χ2v) is 6.70. The highest BCUT2D eigenvalue weighted by Crippen LogP contribution is 2.13.